The van der Waals surface area contributed by atoms with E-state index in [1.54, 1.807) is 7.05 Å². The molecule has 0 unspecified atom stereocenters. The molecule has 1 aromatic rings. The van der Waals surface area contributed by atoms with E-state index in [2.05, 4.69) is 22.0 Å². The van der Waals surface area contributed by atoms with Crippen LogP contribution in [0.1, 0.15) is 6.42 Å². The summed E-state index contributed by atoms with van der Waals surface area (Å²) < 4.78 is 26.9. The van der Waals surface area contributed by atoms with Gasteiger partial charge in [0.25, 0.3) is 10.0 Å². The summed E-state index contributed by atoms with van der Waals surface area (Å²) in [6, 6.07) is 1.42. The van der Waals surface area contributed by atoms with Gasteiger partial charge in [0.05, 0.1) is 11.2 Å². The van der Waals surface area contributed by atoms with Crippen molar-refractivity contribution in [1.82, 2.24) is 14.5 Å². The highest BCUT2D eigenvalue weighted by Gasteiger charge is 2.16. The average Bonchev–Trinajstić information content (AvgIpc) is 2.50. The van der Waals surface area contributed by atoms with E-state index < -0.39 is 10.0 Å². The predicted molar refractivity (Wildman–Crippen MR) is 59.8 cm³/mol. The minimum atomic E-state index is -3.51. The van der Waals surface area contributed by atoms with Crippen molar-refractivity contribution in [2.24, 2.45) is 12.8 Å². The van der Waals surface area contributed by atoms with Gasteiger partial charge in [-0.1, -0.05) is 12.2 Å². The molecule has 84 valence electrons. The molecule has 3 N–H and O–H groups in total. The van der Waals surface area contributed by atoms with Crippen LogP contribution >= 0.6 is 12.2 Å². The number of aromatic nitrogens is 2. The van der Waals surface area contributed by atoms with E-state index >= 15 is 0 Å². The van der Waals surface area contributed by atoms with Gasteiger partial charge in [-0.05, 0) is 6.07 Å². The standard InChI is InChI=1S/C7H12N4O2S2/c1-11-7(3-4-9-11)15(12,13)10-5-2-6(8)14/h3-4,10H,2,5H2,1H3,(H2,8,14). The van der Waals surface area contributed by atoms with Gasteiger partial charge in [0.2, 0.25) is 0 Å². The van der Waals surface area contributed by atoms with E-state index in [4.69, 9.17) is 5.73 Å². The Balaban J connectivity index is 2.69. The summed E-state index contributed by atoms with van der Waals surface area (Å²) in [6.07, 6.45) is 1.76. The summed E-state index contributed by atoms with van der Waals surface area (Å²) in [5.41, 5.74) is 5.25. The fourth-order valence-electron chi connectivity index (χ4n) is 1.01. The molecule has 0 fully saturated rings. The summed E-state index contributed by atoms with van der Waals surface area (Å²) in [5.74, 6) is 0. The molecule has 0 bridgehead atoms. The van der Waals surface area contributed by atoms with Crippen LogP contribution in [-0.4, -0.2) is 29.7 Å². The Hall–Kier alpha value is -0.990. The van der Waals surface area contributed by atoms with Gasteiger partial charge in [-0.25, -0.2) is 13.1 Å². The lowest BCUT2D eigenvalue weighted by Crippen LogP contribution is -2.28. The van der Waals surface area contributed by atoms with Gasteiger partial charge in [0, 0.05) is 20.0 Å². The maximum atomic E-state index is 11.6. The second-order valence-corrected chi connectivity index (χ2v) is 5.15. The summed E-state index contributed by atoms with van der Waals surface area (Å²) in [5, 5.41) is 3.89. The van der Waals surface area contributed by atoms with E-state index in [0.717, 1.165) is 0 Å². The van der Waals surface area contributed by atoms with E-state index in [0.29, 0.717) is 6.42 Å². The lowest BCUT2D eigenvalue weighted by atomic mass is 10.4. The molecule has 15 heavy (non-hydrogen) atoms. The number of hydrogen-bond acceptors (Lipinski definition) is 4. The van der Waals surface area contributed by atoms with Gasteiger partial charge in [0.1, 0.15) is 0 Å². The van der Waals surface area contributed by atoms with Crippen molar-refractivity contribution in [3.05, 3.63) is 12.3 Å². The van der Waals surface area contributed by atoms with Gasteiger partial charge in [-0.2, -0.15) is 5.10 Å². The Morgan fingerprint density at radius 3 is 2.87 bits per heavy atom. The Labute approximate surface area is 93.5 Å². The molecule has 0 atom stereocenters. The Bertz CT molecular complexity index is 451. The summed E-state index contributed by atoms with van der Waals surface area (Å²) in [6.45, 7) is 0.197. The van der Waals surface area contributed by atoms with Crippen LogP contribution in [0.3, 0.4) is 0 Å². The minimum absolute atomic E-state index is 0.116. The second kappa shape index (κ2) is 4.69. The number of rotatable bonds is 5. The first-order chi connectivity index (χ1) is 6.93. The normalized spacial score (nSPS) is 11.5. The number of thiocarbonyl (C=S) groups is 1. The fourth-order valence-corrected chi connectivity index (χ4v) is 2.26. The number of nitrogens with two attached hydrogens (primary N) is 1. The molecular formula is C7H12N4O2S2. The summed E-state index contributed by atoms with van der Waals surface area (Å²) in [4.78, 5) is 0.280. The van der Waals surface area contributed by atoms with E-state index in [9.17, 15) is 8.42 Å². The molecule has 0 aliphatic rings. The Morgan fingerprint density at radius 1 is 1.73 bits per heavy atom. The molecule has 0 radical (unpaired) electrons. The van der Waals surface area contributed by atoms with Crippen molar-refractivity contribution in [3.8, 4) is 0 Å². The lowest BCUT2D eigenvalue weighted by molar-refractivity contribution is 0.564. The molecule has 0 spiro atoms. The highest BCUT2D eigenvalue weighted by molar-refractivity contribution is 7.89. The van der Waals surface area contributed by atoms with Crippen LogP contribution in [0.4, 0.5) is 0 Å². The molecule has 0 aliphatic heterocycles. The first-order valence-electron chi connectivity index (χ1n) is 4.19. The molecular weight excluding hydrogens is 236 g/mol. The number of nitrogens with zero attached hydrogens (tertiary/aromatic N) is 2. The van der Waals surface area contributed by atoms with Gasteiger partial charge in [0.15, 0.2) is 5.03 Å². The van der Waals surface area contributed by atoms with Crippen molar-refractivity contribution in [1.29, 1.82) is 0 Å². The van der Waals surface area contributed by atoms with Crippen LogP contribution in [0, 0.1) is 0 Å². The van der Waals surface area contributed by atoms with Crippen molar-refractivity contribution in [2.75, 3.05) is 6.54 Å². The number of sulfonamides is 1. The molecule has 0 amide bonds. The SMILES string of the molecule is Cn1nccc1S(=O)(=O)NCCC(N)=S. The maximum absolute atomic E-state index is 11.6. The van der Waals surface area contributed by atoms with Crippen LogP contribution in [-0.2, 0) is 17.1 Å². The zero-order valence-electron chi connectivity index (χ0n) is 8.17. The van der Waals surface area contributed by atoms with Crippen molar-refractivity contribution in [2.45, 2.75) is 11.4 Å². The minimum Gasteiger partial charge on any atom is -0.393 e. The van der Waals surface area contributed by atoms with E-state index in [1.165, 1.54) is 16.9 Å². The molecule has 1 aromatic heterocycles. The molecule has 6 nitrogen and oxygen atoms in total. The number of aryl methyl sites for hydroxylation is 1. The molecule has 0 saturated heterocycles. The van der Waals surface area contributed by atoms with Crippen LogP contribution in [0.25, 0.3) is 0 Å². The number of hydrogen-bond donors (Lipinski definition) is 2. The van der Waals surface area contributed by atoms with Gasteiger partial charge < -0.3 is 5.73 Å². The van der Waals surface area contributed by atoms with Gasteiger partial charge >= 0.3 is 0 Å². The first kappa shape index (κ1) is 12.1. The Kier molecular flexibility index (Phi) is 3.77. The maximum Gasteiger partial charge on any atom is 0.257 e. The first-order valence-corrected chi connectivity index (χ1v) is 6.08. The molecule has 1 heterocycles. The quantitative estimate of drug-likeness (QED) is 0.677. The second-order valence-electron chi connectivity index (χ2n) is 2.91. The third-order valence-corrected chi connectivity index (χ3v) is 3.45. The third-order valence-electron chi connectivity index (χ3n) is 1.71. The predicted octanol–water partition coefficient (Wildman–Crippen LogP) is -0.625. The van der Waals surface area contributed by atoms with Crippen LogP contribution in [0.5, 0.6) is 0 Å². The zero-order valence-corrected chi connectivity index (χ0v) is 9.81. The Morgan fingerprint density at radius 2 is 2.40 bits per heavy atom. The smallest absolute Gasteiger partial charge is 0.257 e. The van der Waals surface area contributed by atoms with Gasteiger partial charge in [-0.15, -0.1) is 0 Å². The highest BCUT2D eigenvalue weighted by atomic mass is 32.2. The average molecular weight is 248 g/mol. The number of nitrogens with one attached hydrogen (secondary N) is 1. The third kappa shape index (κ3) is 3.26. The fraction of sp³-hybridized carbons (Fsp3) is 0.429. The molecule has 0 saturated carbocycles. The van der Waals surface area contributed by atoms with Crippen molar-refractivity contribution < 1.29 is 8.42 Å². The molecule has 8 heteroatoms. The topological polar surface area (TPSA) is 90.0 Å². The lowest BCUT2D eigenvalue weighted by Gasteiger charge is -2.05. The van der Waals surface area contributed by atoms with Gasteiger partial charge in [-0.3, -0.25) is 4.68 Å². The van der Waals surface area contributed by atoms with E-state index in [-0.39, 0.29) is 16.6 Å². The monoisotopic (exact) mass is 248 g/mol. The highest BCUT2D eigenvalue weighted by Crippen LogP contribution is 2.05. The molecule has 1 rings (SSSR count). The largest absolute Gasteiger partial charge is 0.393 e. The summed E-state index contributed by atoms with van der Waals surface area (Å²) >= 11 is 4.64. The van der Waals surface area contributed by atoms with Crippen molar-refractivity contribution >= 4 is 27.2 Å². The van der Waals surface area contributed by atoms with Crippen molar-refractivity contribution in [3.63, 3.8) is 0 Å². The van der Waals surface area contributed by atoms with E-state index in [1.807, 2.05) is 0 Å². The van der Waals surface area contributed by atoms with Crippen LogP contribution in [0.2, 0.25) is 0 Å². The summed E-state index contributed by atoms with van der Waals surface area (Å²) in [7, 11) is -1.95. The van der Waals surface area contributed by atoms with Crippen LogP contribution in [0.15, 0.2) is 17.3 Å². The molecule has 0 aliphatic carbocycles. The zero-order chi connectivity index (χ0) is 11.5. The molecule has 0 aromatic carbocycles. The van der Waals surface area contributed by atoms with Crippen LogP contribution < -0.4 is 10.5 Å².